The van der Waals surface area contributed by atoms with E-state index >= 15 is 0 Å². The van der Waals surface area contributed by atoms with Crippen LogP contribution >= 0.6 is 0 Å². The van der Waals surface area contributed by atoms with Gasteiger partial charge in [-0.25, -0.2) is 0 Å². The molecular formula is C9H7F3O3. The van der Waals surface area contributed by atoms with E-state index < -0.39 is 23.6 Å². The number of phenols is 1. The van der Waals surface area contributed by atoms with Crippen LogP contribution in [0.2, 0.25) is 0 Å². The van der Waals surface area contributed by atoms with Gasteiger partial charge in [-0.3, -0.25) is 4.79 Å². The van der Waals surface area contributed by atoms with Crippen LogP contribution < -0.4 is 0 Å². The molecule has 0 aliphatic heterocycles. The van der Waals surface area contributed by atoms with E-state index in [0.29, 0.717) is 0 Å². The van der Waals surface area contributed by atoms with Gasteiger partial charge >= 0.3 is 12.1 Å². The van der Waals surface area contributed by atoms with Gasteiger partial charge < -0.3 is 10.2 Å². The van der Waals surface area contributed by atoms with Crippen molar-refractivity contribution in [3.05, 3.63) is 29.8 Å². The average molecular weight is 220 g/mol. The molecule has 0 saturated heterocycles. The summed E-state index contributed by atoms with van der Waals surface area (Å²) in [5.74, 6) is -4.74. The van der Waals surface area contributed by atoms with Crippen molar-refractivity contribution < 1.29 is 28.2 Å². The maximum atomic E-state index is 12.3. The second-order valence-electron chi connectivity index (χ2n) is 2.90. The predicted octanol–water partition coefficient (Wildman–Crippen LogP) is 2.12. The summed E-state index contributed by atoms with van der Waals surface area (Å²) in [6.45, 7) is 0. The maximum absolute atomic E-state index is 12.3. The molecule has 1 rings (SSSR count). The van der Waals surface area contributed by atoms with Crippen LogP contribution in [0.15, 0.2) is 24.3 Å². The Bertz CT molecular complexity index is 356. The van der Waals surface area contributed by atoms with Gasteiger partial charge in [-0.1, -0.05) is 12.1 Å². The van der Waals surface area contributed by atoms with Gasteiger partial charge in [0, 0.05) is 0 Å². The lowest BCUT2D eigenvalue weighted by Crippen LogP contribution is -2.28. The summed E-state index contributed by atoms with van der Waals surface area (Å²) in [5.41, 5.74) is -0.409. The second-order valence-corrected chi connectivity index (χ2v) is 2.90. The Morgan fingerprint density at radius 1 is 1.20 bits per heavy atom. The normalized spacial score (nSPS) is 13.5. The van der Waals surface area contributed by atoms with Gasteiger partial charge in [-0.15, -0.1) is 0 Å². The van der Waals surface area contributed by atoms with Crippen molar-refractivity contribution >= 4 is 5.97 Å². The number of benzene rings is 1. The molecule has 15 heavy (non-hydrogen) atoms. The summed E-state index contributed by atoms with van der Waals surface area (Å²) in [6.07, 6.45) is -4.84. The van der Waals surface area contributed by atoms with E-state index in [0.717, 1.165) is 24.3 Å². The number of halogens is 3. The van der Waals surface area contributed by atoms with Crippen LogP contribution in [0.3, 0.4) is 0 Å². The summed E-state index contributed by atoms with van der Waals surface area (Å²) < 4.78 is 36.9. The van der Waals surface area contributed by atoms with Crippen LogP contribution in [-0.4, -0.2) is 22.4 Å². The number of hydrogen-bond acceptors (Lipinski definition) is 2. The lowest BCUT2D eigenvalue weighted by Gasteiger charge is -2.16. The molecule has 3 nitrogen and oxygen atoms in total. The van der Waals surface area contributed by atoms with E-state index in [2.05, 4.69) is 0 Å². The Kier molecular flexibility index (Phi) is 2.88. The van der Waals surface area contributed by atoms with E-state index in [1.807, 2.05) is 0 Å². The first-order valence-electron chi connectivity index (χ1n) is 3.91. The van der Waals surface area contributed by atoms with E-state index in [1.165, 1.54) is 0 Å². The highest BCUT2D eigenvalue weighted by Crippen LogP contribution is 2.35. The molecule has 0 saturated carbocycles. The molecule has 0 fully saturated rings. The Balaban J connectivity index is 3.11. The number of hydrogen-bond donors (Lipinski definition) is 2. The molecule has 0 bridgehead atoms. The van der Waals surface area contributed by atoms with Crippen LogP contribution in [0.1, 0.15) is 11.5 Å². The highest BCUT2D eigenvalue weighted by atomic mass is 19.4. The molecule has 1 atom stereocenters. The van der Waals surface area contributed by atoms with Crippen molar-refractivity contribution in [1.82, 2.24) is 0 Å². The van der Waals surface area contributed by atoms with Gasteiger partial charge in [-0.2, -0.15) is 13.2 Å². The summed E-state index contributed by atoms with van der Waals surface area (Å²) in [5, 5.41) is 17.3. The van der Waals surface area contributed by atoms with Crippen molar-refractivity contribution in [2.45, 2.75) is 12.1 Å². The smallest absolute Gasteiger partial charge is 0.406 e. The van der Waals surface area contributed by atoms with Gasteiger partial charge in [-0.05, 0) is 17.7 Å². The number of carboxylic acids is 1. The minimum atomic E-state index is -4.84. The molecule has 1 aromatic rings. The summed E-state index contributed by atoms with van der Waals surface area (Å²) in [4.78, 5) is 10.4. The predicted molar refractivity (Wildman–Crippen MR) is 44.5 cm³/mol. The zero-order chi connectivity index (χ0) is 11.6. The van der Waals surface area contributed by atoms with Crippen LogP contribution in [0.4, 0.5) is 13.2 Å². The fourth-order valence-corrected chi connectivity index (χ4v) is 1.14. The first-order chi connectivity index (χ1) is 6.82. The quantitative estimate of drug-likeness (QED) is 0.802. The Hall–Kier alpha value is -1.72. The lowest BCUT2D eigenvalue weighted by atomic mass is 9.99. The number of phenolic OH excluding ortho intramolecular Hbond substituents is 1. The first-order valence-corrected chi connectivity index (χ1v) is 3.91. The van der Waals surface area contributed by atoms with Gasteiger partial charge in [0.25, 0.3) is 0 Å². The van der Waals surface area contributed by atoms with Gasteiger partial charge in [0.15, 0.2) is 5.92 Å². The van der Waals surface area contributed by atoms with Gasteiger partial charge in [0.05, 0.1) is 0 Å². The average Bonchev–Trinajstić information content (AvgIpc) is 2.05. The SMILES string of the molecule is O=C(O)C(c1ccc(O)cc1)C(F)(F)F. The summed E-state index contributed by atoms with van der Waals surface area (Å²) >= 11 is 0. The van der Waals surface area contributed by atoms with Crippen LogP contribution in [-0.2, 0) is 4.79 Å². The second kappa shape index (κ2) is 3.80. The Morgan fingerprint density at radius 3 is 2.00 bits per heavy atom. The number of rotatable bonds is 2. The van der Waals surface area contributed by atoms with Gasteiger partial charge in [0.2, 0.25) is 0 Å². The highest BCUT2D eigenvalue weighted by molar-refractivity contribution is 5.77. The maximum Gasteiger partial charge on any atom is 0.406 e. The third-order valence-electron chi connectivity index (χ3n) is 1.80. The number of carboxylic acid groups (broad SMARTS) is 1. The van der Waals surface area contributed by atoms with E-state index in [-0.39, 0.29) is 5.75 Å². The molecule has 0 radical (unpaired) electrons. The summed E-state index contributed by atoms with van der Waals surface area (Å²) in [6, 6.07) is 3.89. The zero-order valence-electron chi connectivity index (χ0n) is 7.32. The molecule has 82 valence electrons. The topological polar surface area (TPSA) is 57.5 Å². The first kappa shape index (κ1) is 11.4. The highest BCUT2D eigenvalue weighted by Gasteiger charge is 2.46. The Morgan fingerprint density at radius 2 is 1.67 bits per heavy atom. The molecule has 0 spiro atoms. The molecule has 1 unspecified atom stereocenters. The molecular weight excluding hydrogens is 213 g/mol. The minimum Gasteiger partial charge on any atom is -0.508 e. The number of alkyl halides is 3. The number of aliphatic carboxylic acids is 1. The molecule has 0 aliphatic rings. The fraction of sp³-hybridized carbons (Fsp3) is 0.222. The molecule has 2 N–H and O–H groups in total. The van der Waals surface area contributed by atoms with E-state index in [9.17, 15) is 18.0 Å². The molecule has 0 aliphatic carbocycles. The van der Waals surface area contributed by atoms with Crippen molar-refractivity contribution in [3.63, 3.8) is 0 Å². The molecule has 1 aromatic carbocycles. The monoisotopic (exact) mass is 220 g/mol. The standard InChI is InChI=1S/C9H7F3O3/c10-9(11,12)7(8(14)15)5-1-3-6(13)4-2-5/h1-4,7,13H,(H,14,15). The third kappa shape index (κ3) is 2.61. The Labute approximate surface area is 82.8 Å². The summed E-state index contributed by atoms with van der Waals surface area (Å²) in [7, 11) is 0. The fourth-order valence-electron chi connectivity index (χ4n) is 1.14. The van der Waals surface area contributed by atoms with Crippen molar-refractivity contribution in [2.75, 3.05) is 0 Å². The molecule has 0 heterocycles. The molecule has 0 aromatic heterocycles. The third-order valence-corrected chi connectivity index (χ3v) is 1.80. The van der Waals surface area contributed by atoms with Crippen LogP contribution in [0.25, 0.3) is 0 Å². The molecule has 0 amide bonds. The number of carbonyl (C=O) groups is 1. The molecule has 6 heteroatoms. The number of aromatic hydroxyl groups is 1. The van der Waals surface area contributed by atoms with E-state index in [1.54, 1.807) is 0 Å². The van der Waals surface area contributed by atoms with Crippen LogP contribution in [0.5, 0.6) is 5.75 Å². The van der Waals surface area contributed by atoms with Gasteiger partial charge in [0.1, 0.15) is 5.75 Å². The zero-order valence-corrected chi connectivity index (χ0v) is 7.32. The lowest BCUT2D eigenvalue weighted by molar-refractivity contribution is -0.176. The van der Waals surface area contributed by atoms with Crippen molar-refractivity contribution in [3.8, 4) is 5.75 Å². The largest absolute Gasteiger partial charge is 0.508 e. The van der Waals surface area contributed by atoms with E-state index in [4.69, 9.17) is 10.2 Å². The van der Waals surface area contributed by atoms with Crippen molar-refractivity contribution in [1.29, 1.82) is 0 Å². The van der Waals surface area contributed by atoms with Crippen molar-refractivity contribution in [2.24, 2.45) is 0 Å². The minimum absolute atomic E-state index is 0.218. The van der Waals surface area contributed by atoms with Crippen LogP contribution in [0, 0.1) is 0 Å².